The van der Waals surface area contributed by atoms with Gasteiger partial charge < -0.3 is 15.0 Å². The average Bonchev–Trinajstić information content (AvgIpc) is 2.47. The predicted molar refractivity (Wildman–Crippen MR) is 75.0 cm³/mol. The van der Waals surface area contributed by atoms with Crippen molar-refractivity contribution in [3.63, 3.8) is 0 Å². The first-order chi connectivity index (χ1) is 9.58. The summed E-state index contributed by atoms with van der Waals surface area (Å²) < 4.78 is 5.36. The fourth-order valence-electron chi connectivity index (χ4n) is 2.23. The van der Waals surface area contributed by atoms with Crippen LogP contribution in [0.1, 0.15) is 25.5 Å². The Morgan fingerprint density at radius 2 is 2.05 bits per heavy atom. The molecule has 1 aromatic carbocycles. The van der Waals surface area contributed by atoms with Crippen molar-refractivity contribution in [1.29, 1.82) is 0 Å². The summed E-state index contributed by atoms with van der Waals surface area (Å²) in [4.78, 5) is 25.6. The Kier molecular flexibility index (Phi) is 4.74. The molecule has 1 fully saturated rings. The van der Waals surface area contributed by atoms with E-state index in [0.717, 1.165) is 5.56 Å². The minimum absolute atomic E-state index is 0.0213. The van der Waals surface area contributed by atoms with Crippen LogP contribution in [0.3, 0.4) is 0 Å². The van der Waals surface area contributed by atoms with E-state index in [1.165, 1.54) is 0 Å². The van der Waals surface area contributed by atoms with E-state index >= 15 is 0 Å². The molecule has 5 heteroatoms. The molecule has 2 atom stereocenters. The van der Waals surface area contributed by atoms with Gasteiger partial charge in [0.1, 0.15) is 0 Å². The second-order valence-corrected chi connectivity index (χ2v) is 5.04. The average molecular weight is 276 g/mol. The summed E-state index contributed by atoms with van der Waals surface area (Å²) in [6, 6.07) is 9.38. The number of hydrogen-bond donors (Lipinski definition) is 1. The molecule has 2 amide bonds. The molecular weight excluding hydrogens is 256 g/mol. The number of amides is 2. The molecule has 0 aromatic heterocycles. The fraction of sp³-hybridized carbons (Fsp3) is 0.467. The highest BCUT2D eigenvalue weighted by Gasteiger charge is 2.27. The normalized spacial score (nSPS) is 20.3. The molecule has 1 heterocycles. The van der Waals surface area contributed by atoms with Gasteiger partial charge in [-0.15, -0.1) is 0 Å². The summed E-state index contributed by atoms with van der Waals surface area (Å²) in [6.45, 7) is 5.17. The van der Waals surface area contributed by atoms with Crippen molar-refractivity contribution in [2.24, 2.45) is 0 Å². The third kappa shape index (κ3) is 3.57. The summed E-state index contributed by atoms with van der Waals surface area (Å²) in [6.07, 6.45) is -0.0213. The third-order valence-corrected chi connectivity index (χ3v) is 3.37. The van der Waals surface area contributed by atoms with E-state index in [4.69, 9.17) is 4.74 Å². The Bertz CT molecular complexity index is 475. The zero-order valence-corrected chi connectivity index (χ0v) is 11.8. The van der Waals surface area contributed by atoms with Crippen LogP contribution in [0.2, 0.25) is 0 Å². The van der Waals surface area contributed by atoms with Crippen LogP contribution in [-0.2, 0) is 14.3 Å². The zero-order chi connectivity index (χ0) is 14.5. The number of nitrogens with zero attached hydrogens (tertiary/aromatic N) is 1. The Hall–Kier alpha value is -1.88. The van der Waals surface area contributed by atoms with Gasteiger partial charge in [0.15, 0.2) is 0 Å². The molecule has 0 radical (unpaired) electrons. The number of rotatable bonds is 2. The van der Waals surface area contributed by atoms with Crippen molar-refractivity contribution in [1.82, 2.24) is 10.2 Å². The fourth-order valence-corrected chi connectivity index (χ4v) is 2.23. The molecule has 0 saturated carbocycles. The molecule has 1 aliphatic rings. The van der Waals surface area contributed by atoms with E-state index in [2.05, 4.69) is 5.32 Å². The van der Waals surface area contributed by atoms with Gasteiger partial charge in [-0.1, -0.05) is 30.3 Å². The maximum atomic E-state index is 12.1. The molecule has 2 rings (SSSR count). The van der Waals surface area contributed by atoms with Crippen LogP contribution >= 0.6 is 0 Å². The Morgan fingerprint density at radius 3 is 2.70 bits per heavy atom. The summed E-state index contributed by atoms with van der Waals surface area (Å²) in [5, 5.41) is 2.74. The number of carbonyl (C=O) groups is 2. The van der Waals surface area contributed by atoms with Crippen molar-refractivity contribution in [3.8, 4) is 0 Å². The molecule has 0 bridgehead atoms. The SMILES string of the molecule is C[C@@H]1CN(C(=O)C(=O)N[C@@H](C)c2ccccc2)CCO1. The quantitative estimate of drug-likeness (QED) is 0.823. The van der Waals surface area contributed by atoms with Crippen LogP contribution in [0.5, 0.6) is 0 Å². The largest absolute Gasteiger partial charge is 0.375 e. The Balaban J connectivity index is 1.92. The van der Waals surface area contributed by atoms with Gasteiger partial charge >= 0.3 is 11.8 Å². The van der Waals surface area contributed by atoms with Crippen LogP contribution < -0.4 is 5.32 Å². The molecule has 108 valence electrons. The molecular formula is C15H20N2O3. The van der Waals surface area contributed by atoms with Crippen molar-refractivity contribution in [3.05, 3.63) is 35.9 Å². The minimum atomic E-state index is -0.560. The maximum absolute atomic E-state index is 12.1. The highest BCUT2D eigenvalue weighted by molar-refractivity contribution is 6.35. The lowest BCUT2D eigenvalue weighted by atomic mass is 10.1. The van der Waals surface area contributed by atoms with Crippen molar-refractivity contribution < 1.29 is 14.3 Å². The first-order valence-corrected chi connectivity index (χ1v) is 6.84. The van der Waals surface area contributed by atoms with Crippen LogP contribution in [0.4, 0.5) is 0 Å². The van der Waals surface area contributed by atoms with Gasteiger partial charge in [0.05, 0.1) is 18.8 Å². The summed E-state index contributed by atoms with van der Waals surface area (Å²) in [7, 11) is 0. The number of ether oxygens (including phenoxy) is 1. The van der Waals surface area contributed by atoms with Gasteiger partial charge in [0.2, 0.25) is 0 Å². The van der Waals surface area contributed by atoms with Gasteiger partial charge in [-0.25, -0.2) is 0 Å². The van der Waals surface area contributed by atoms with Crippen LogP contribution in [0, 0.1) is 0 Å². The molecule has 0 spiro atoms. The Labute approximate surface area is 118 Å². The second kappa shape index (κ2) is 6.52. The van der Waals surface area contributed by atoms with E-state index in [0.29, 0.717) is 19.7 Å². The van der Waals surface area contributed by atoms with Gasteiger partial charge in [-0.2, -0.15) is 0 Å². The lowest BCUT2D eigenvalue weighted by molar-refractivity contribution is -0.150. The van der Waals surface area contributed by atoms with Crippen molar-refractivity contribution in [2.75, 3.05) is 19.7 Å². The molecule has 0 aliphatic carbocycles. The predicted octanol–water partition coefficient (Wildman–Crippen LogP) is 1.11. The third-order valence-electron chi connectivity index (χ3n) is 3.37. The van der Waals surface area contributed by atoms with Crippen molar-refractivity contribution in [2.45, 2.75) is 26.0 Å². The van der Waals surface area contributed by atoms with Gasteiger partial charge in [-0.05, 0) is 19.4 Å². The van der Waals surface area contributed by atoms with E-state index < -0.39 is 11.8 Å². The number of morpholine rings is 1. The van der Waals surface area contributed by atoms with Crippen LogP contribution in [-0.4, -0.2) is 42.5 Å². The molecule has 1 aliphatic heterocycles. The lowest BCUT2D eigenvalue weighted by Crippen LogP contribution is -2.50. The minimum Gasteiger partial charge on any atom is -0.375 e. The summed E-state index contributed by atoms with van der Waals surface area (Å²) in [5.41, 5.74) is 0.976. The summed E-state index contributed by atoms with van der Waals surface area (Å²) in [5.74, 6) is -1.04. The first-order valence-electron chi connectivity index (χ1n) is 6.84. The number of carbonyl (C=O) groups excluding carboxylic acids is 2. The topological polar surface area (TPSA) is 58.6 Å². The van der Waals surface area contributed by atoms with Gasteiger partial charge in [0.25, 0.3) is 0 Å². The van der Waals surface area contributed by atoms with E-state index in [9.17, 15) is 9.59 Å². The highest BCUT2D eigenvalue weighted by Crippen LogP contribution is 2.11. The second-order valence-electron chi connectivity index (χ2n) is 5.04. The molecule has 0 unspecified atom stereocenters. The number of nitrogens with one attached hydrogen (secondary N) is 1. The van der Waals surface area contributed by atoms with Crippen molar-refractivity contribution >= 4 is 11.8 Å². The monoisotopic (exact) mass is 276 g/mol. The van der Waals surface area contributed by atoms with Crippen LogP contribution in [0.25, 0.3) is 0 Å². The first kappa shape index (κ1) is 14.5. The molecule has 1 aromatic rings. The van der Waals surface area contributed by atoms with Gasteiger partial charge in [0, 0.05) is 13.1 Å². The standard InChI is InChI=1S/C15H20N2O3/c1-11-10-17(8-9-20-11)15(19)14(18)16-12(2)13-6-4-3-5-7-13/h3-7,11-12H,8-10H2,1-2H3,(H,16,18)/t11-,12+/m1/s1. The maximum Gasteiger partial charge on any atom is 0.312 e. The molecule has 5 nitrogen and oxygen atoms in total. The molecule has 20 heavy (non-hydrogen) atoms. The molecule has 1 N–H and O–H groups in total. The zero-order valence-electron chi connectivity index (χ0n) is 11.8. The highest BCUT2D eigenvalue weighted by atomic mass is 16.5. The number of benzene rings is 1. The van der Waals surface area contributed by atoms with E-state index in [1.54, 1.807) is 4.90 Å². The Morgan fingerprint density at radius 1 is 1.35 bits per heavy atom. The van der Waals surface area contributed by atoms with E-state index in [1.807, 2.05) is 44.2 Å². The smallest absolute Gasteiger partial charge is 0.312 e. The summed E-state index contributed by atoms with van der Waals surface area (Å²) >= 11 is 0. The lowest BCUT2D eigenvalue weighted by Gasteiger charge is -2.30. The number of hydrogen-bond acceptors (Lipinski definition) is 3. The van der Waals surface area contributed by atoms with E-state index in [-0.39, 0.29) is 12.1 Å². The molecule has 1 saturated heterocycles. The van der Waals surface area contributed by atoms with Crippen LogP contribution in [0.15, 0.2) is 30.3 Å². The van der Waals surface area contributed by atoms with Gasteiger partial charge in [-0.3, -0.25) is 9.59 Å².